The van der Waals surface area contributed by atoms with Gasteiger partial charge in [-0.3, -0.25) is 0 Å². The van der Waals surface area contributed by atoms with E-state index in [0.29, 0.717) is 24.1 Å². The zero-order valence-corrected chi connectivity index (χ0v) is 10.4. The predicted octanol–water partition coefficient (Wildman–Crippen LogP) is 1.33. The van der Waals surface area contributed by atoms with Crippen LogP contribution in [0.1, 0.15) is 11.5 Å². The molecule has 0 amide bonds. The largest absolute Gasteiger partial charge is 0.381 e. The highest BCUT2D eigenvalue weighted by Gasteiger charge is 2.12. The number of nitrogen functional groups attached to an aromatic ring is 1. The molecule has 92 valence electrons. The molecule has 0 fully saturated rings. The Balaban J connectivity index is 1.84. The van der Waals surface area contributed by atoms with Crippen LogP contribution in [0, 0.1) is 6.92 Å². The molecule has 0 unspecified atom stereocenters. The maximum Gasteiger partial charge on any atom is 0.258 e. The Bertz CT molecular complexity index is 656. The first-order valence-corrected chi connectivity index (χ1v) is 6.19. The quantitative estimate of drug-likeness (QED) is 0.765. The first kappa shape index (κ1) is 10.9. The minimum atomic E-state index is 0.393. The summed E-state index contributed by atoms with van der Waals surface area (Å²) >= 11 is 1.58. The molecule has 3 aromatic heterocycles. The highest BCUT2D eigenvalue weighted by Crippen LogP contribution is 2.20. The van der Waals surface area contributed by atoms with Gasteiger partial charge in [-0.25, -0.2) is 4.68 Å². The number of rotatable bonds is 3. The summed E-state index contributed by atoms with van der Waals surface area (Å²) in [5.41, 5.74) is 7.33. The maximum absolute atomic E-state index is 5.62. The minimum Gasteiger partial charge on any atom is -0.381 e. The van der Waals surface area contributed by atoms with Crippen molar-refractivity contribution in [2.45, 2.75) is 13.5 Å². The van der Waals surface area contributed by atoms with E-state index in [1.54, 1.807) is 16.0 Å². The number of hydrogen-bond donors (Lipinski definition) is 1. The second-order valence-corrected chi connectivity index (χ2v) is 4.53. The van der Waals surface area contributed by atoms with Gasteiger partial charge in [0.05, 0.1) is 11.3 Å². The molecule has 18 heavy (non-hydrogen) atoms. The van der Waals surface area contributed by atoms with E-state index < -0.39 is 0 Å². The standard InChI is InChI=1S/C10H10N6OS/c1-6-9(11)13-15-16(6)4-8-12-10(17-14-8)7-2-3-18-5-7/h2-3,5H,4,11H2,1H3. The molecule has 2 N–H and O–H groups in total. The number of anilines is 1. The molecule has 0 saturated carbocycles. The molecule has 0 radical (unpaired) electrons. The van der Waals surface area contributed by atoms with Crippen molar-refractivity contribution in [2.24, 2.45) is 0 Å². The second kappa shape index (κ2) is 4.22. The third-order valence-corrected chi connectivity index (χ3v) is 3.23. The van der Waals surface area contributed by atoms with Crippen molar-refractivity contribution in [3.63, 3.8) is 0 Å². The summed E-state index contributed by atoms with van der Waals surface area (Å²) in [7, 11) is 0. The van der Waals surface area contributed by atoms with E-state index in [0.717, 1.165) is 11.3 Å². The molecule has 3 heterocycles. The summed E-state index contributed by atoms with van der Waals surface area (Å²) in [5.74, 6) is 1.47. The Labute approximate surface area is 106 Å². The molecule has 0 aliphatic heterocycles. The molecule has 0 atom stereocenters. The normalized spacial score (nSPS) is 10.9. The topological polar surface area (TPSA) is 95.7 Å². The number of nitrogens with zero attached hydrogens (tertiary/aromatic N) is 5. The Kier molecular flexibility index (Phi) is 2.56. The molecule has 0 saturated heterocycles. The van der Waals surface area contributed by atoms with Crippen LogP contribution in [0.4, 0.5) is 5.82 Å². The van der Waals surface area contributed by atoms with Gasteiger partial charge in [-0.15, -0.1) is 5.10 Å². The lowest BCUT2D eigenvalue weighted by molar-refractivity contribution is 0.418. The molecule has 0 bridgehead atoms. The molecule has 7 nitrogen and oxygen atoms in total. The van der Waals surface area contributed by atoms with Gasteiger partial charge in [0.1, 0.15) is 6.54 Å². The first-order chi connectivity index (χ1) is 8.74. The predicted molar refractivity (Wildman–Crippen MR) is 65.9 cm³/mol. The zero-order valence-electron chi connectivity index (χ0n) is 9.57. The van der Waals surface area contributed by atoms with Gasteiger partial charge in [-0.05, 0) is 18.4 Å². The Morgan fingerprint density at radius 1 is 1.50 bits per heavy atom. The van der Waals surface area contributed by atoms with E-state index in [1.165, 1.54) is 0 Å². The van der Waals surface area contributed by atoms with Gasteiger partial charge < -0.3 is 10.3 Å². The molecule has 3 rings (SSSR count). The van der Waals surface area contributed by atoms with Crippen LogP contribution in [0.2, 0.25) is 0 Å². The van der Waals surface area contributed by atoms with E-state index >= 15 is 0 Å². The SMILES string of the molecule is Cc1c(N)nnn1Cc1noc(-c2ccsc2)n1. The van der Waals surface area contributed by atoms with Gasteiger partial charge >= 0.3 is 0 Å². The lowest BCUT2D eigenvalue weighted by Crippen LogP contribution is -2.05. The van der Waals surface area contributed by atoms with Gasteiger partial charge in [-0.2, -0.15) is 16.3 Å². The van der Waals surface area contributed by atoms with E-state index in [-0.39, 0.29) is 0 Å². The summed E-state index contributed by atoms with van der Waals surface area (Å²) in [6, 6.07) is 1.93. The summed E-state index contributed by atoms with van der Waals surface area (Å²) in [5, 5.41) is 15.5. The third kappa shape index (κ3) is 1.86. The lowest BCUT2D eigenvalue weighted by Gasteiger charge is -1.97. The van der Waals surface area contributed by atoms with Crippen molar-refractivity contribution in [1.29, 1.82) is 0 Å². The van der Waals surface area contributed by atoms with E-state index in [1.807, 2.05) is 23.8 Å². The smallest absolute Gasteiger partial charge is 0.258 e. The maximum atomic E-state index is 5.62. The Morgan fingerprint density at radius 2 is 2.39 bits per heavy atom. The van der Waals surface area contributed by atoms with Crippen LogP contribution in [0.15, 0.2) is 21.3 Å². The van der Waals surface area contributed by atoms with Crippen LogP contribution in [-0.2, 0) is 6.54 Å². The van der Waals surface area contributed by atoms with Crippen molar-refractivity contribution in [3.05, 3.63) is 28.3 Å². The number of nitrogens with two attached hydrogens (primary N) is 1. The van der Waals surface area contributed by atoms with Crippen molar-refractivity contribution in [1.82, 2.24) is 25.1 Å². The van der Waals surface area contributed by atoms with Crippen molar-refractivity contribution in [2.75, 3.05) is 5.73 Å². The monoisotopic (exact) mass is 262 g/mol. The van der Waals surface area contributed by atoms with Crippen molar-refractivity contribution < 1.29 is 4.52 Å². The average molecular weight is 262 g/mol. The van der Waals surface area contributed by atoms with Crippen LogP contribution in [0.25, 0.3) is 11.5 Å². The van der Waals surface area contributed by atoms with Gasteiger partial charge in [0.15, 0.2) is 11.6 Å². The first-order valence-electron chi connectivity index (χ1n) is 5.25. The fourth-order valence-electron chi connectivity index (χ4n) is 1.48. The Hall–Kier alpha value is -2.22. The summed E-state index contributed by atoms with van der Waals surface area (Å²) < 4.78 is 6.82. The molecular formula is C10H10N6OS. The van der Waals surface area contributed by atoms with Crippen LogP contribution < -0.4 is 5.73 Å². The number of hydrogen-bond acceptors (Lipinski definition) is 7. The van der Waals surface area contributed by atoms with E-state index in [9.17, 15) is 0 Å². The molecule has 0 aliphatic rings. The molecule has 3 aromatic rings. The van der Waals surface area contributed by atoms with Crippen LogP contribution in [0.5, 0.6) is 0 Å². The van der Waals surface area contributed by atoms with Gasteiger partial charge in [0.25, 0.3) is 5.89 Å². The third-order valence-electron chi connectivity index (χ3n) is 2.55. The fraction of sp³-hybridized carbons (Fsp3) is 0.200. The lowest BCUT2D eigenvalue weighted by atomic mass is 10.3. The van der Waals surface area contributed by atoms with Crippen LogP contribution in [0.3, 0.4) is 0 Å². The van der Waals surface area contributed by atoms with Crippen molar-refractivity contribution >= 4 is 17.2 Å². The minimum absolute atomic E-state index is 0.393. The van der Waals surface area contributed by atoms with Crippen molar-refractivity contribution in [3.8, 4) is 11.5 Å². The molecule has 0 spiro atoms. The molecule has 0 aliphatic carbocycles. The highest BCUT2D eigenvalue weighted by atomic mass is 32.1. The molecule has 0 aromatic carbocycles. The van der Waals surface area contributed by atoms with Gasteiger partial charge in [-0.1, -0.05) is 10.4 Å². The Morgan fingerprint density at radius 3 is 3.06 bits per heavy atom. The zero-order chi connectivity index (χ0) is 12.5. The summed E-state index contributed by atoms with van der Waals surface area (Å²) in [4.78, 5) is 4.30. The van der Waals surface area contributed by atoms with Crippen LogP contribution >= 0.6 is 11.3 Å². The van der Waals surface area contributed by atoms with Gasteiger partial charge in [0.2, 0.25) is 0 Å². The molecular weight excluding hydrogens is 252 g/mol. The summed E-state index contributed by atoms with van der Waals surface area (Å²) in [6.45, 7) is 2.23. The molecule has 8 heteroatoms. The highest BCUT2D eigenvalue weighted by molar-refractivity contribution is 7.08. The van der Waals surface area contributed by atoms with Crippen LogP contribution in [-0.4, -0.2) is 25.1 Å². The van der Waals surface area contributed by atoms with E-state index in [2.05, 4.69) is 20.5 Å². The fourth-order valence-corrected chi connectivity index (χ4v) is 2.11. The number of thiophene rings is 1. The average Bonchev–Trinajstić information content (AvgIpc) is 3.06. The summed E-state index contributed by atoms with van der Waals surface area (Å²) in [6.07, 6.45) is 0. The van der Waals surface area contributed by atoms with Gasteiger partial charge in [0, 0.05) is 5.38 Å². The number of aromatic nitrogens is 5. The second-order valence-electron chi connectivity index (χ2n) is 3.75. The van der Waals surface area contributed by atoms with E-state index in [4.69, 9.17) is 10.3 Å².